The highest BCUT2D eigenvalue weighted by Gasteiger charge is 2.53. The van der Waals surface area contributed by atoms with Crippen LogP contribution in [0.2, 0.25) is 0 Å². The van der Waals surface area contributed by atoms with E-state index in [0.29, 0.717) is 0 Å². The van der Waals surface area contributed by atoms with Gasteiger partial charge in [0.2, 0.25) is 5.91 Å². The van der Waals surface area contributed by atoms with E-state index in [4.69, 9.17) is 15.6 Å². The van der Waals surface area contributed by atoms with Gasteiger partial charge in [0.05, 0.1) is 24.3 Å². The zero-order valence-electron chi connectivity index (χ0n) is 11.2. The number of carboxylic acids is 1. The predicted octanol–water partition coefficient (Wildman–Crippen LogP) is -2.88. The molecule has 6 atom stereocenters. The molecule has 0 aromatic heterocycles. The Morgan fingerprint density at radius 3 is 2.45 bits per heavy atom. The summed E-state index contributed by atoms with van der Waals surface area (Å²) in [5.41, 5.74) is 5.70. The highest BCUT2D eigenvalue weighted by atomic mass is 16.7. The average Bonchev–Trinajstić information content (AvgIpc) is 2.30. The summed E-state index contributed by atoms with van der Waals surface area (Å²) in [5.74, 6) is -4.78. The molecular formula is C11H20N2O7. The minimum absolute atomic E-state index is 0.485. The molecule has 1 heterocycles. The molecule has 1 aliphatic rings. The molecule has 0 saturated carbocycles. The van der Waals surface area contributed by atoms with Crippen molar-refractivity contribution in [2.75, 3.05) is 0 Å². The zero-order valence-corrected chi connectivity index (χ0v) is 11.2. The standard InChI is InChI=1S/C11H20N2O7/c1-4(14)7(12)9-8(13-5(2)15)6(16)3-11(19,20-9)10(17)18/h4,6-9,14,16,19H,3,12H2,1-2H3,(H,13,15)(H,17,18)/t4-,6?,7-,8-,9?,11-/m0/s1. The number of aliphatic carboxylic acids is 1. The molecule has 9 nitrogen and oxygen atoms in total. The molecule has 7 N–H and O–H groups in total. The highest BCUT2D eigenvalue weighted by molar-refractivity contribution is 5.76. The molecule has 1 fully saturated rings. The Kier molecular flexibility index (Phi) is 5.05. The van der Waals surface area contributed by atoms with E-state index < -0.39 is 54.5 Å². The summed E-state index contributed by atoms with van der Waals surface area (Å²) in [7, 11) is 0. The fraction of sp³-hybridized carbons (Fsp3) is 0.818. The number of hydrogen-bond acceptors (Lipinski definition) is 7. The molecule has 0 bridgehead atoms. The molecule has 0 aliphatic carbocycles. The number of ether oxygens (including phenoxy) is 1. The Hall–Kier alpha value is -1.26. The minimum Gasteiger partial charge on any atom is -0.477 e. The number of rotatable bonds is 4. The van der Waals surface area contributed by atoms with Crippen molar-refractivity contribution < 1.29 is 34.8 Å². The molecule has 0 spiro atoms. The smallest absolute Gasteiger partial charge is 0.364 e. The van der Waals surface area contributed by atoms with E-state index >= 15 is 0 Å². The van der Waals surface area contributed by atoms with Crippen LogP contribution in [0.25, 0.3) is 0 Å². The Morgan fingerprint density at radius 1 is 1.50 bits per heavy atom. The van der Waals surface area contributed by atoms with Gasteiger partial charge in [-0.05, 0) is 6.92 Å². The maximum atomic E-state index is 11.1. The molecule has 0 aromatic rings. The van der Waals surface area contributed by atoms with Crippen molar-refractivity contribution in [2.24, 2.45) is 5.73 Å². The van der Waals surface area contributed by atoms with E-state index in [1.54, 1.807) is 0 Å². The van der Waals surface area contributed by atoms with E-state index in [1.165, 1.54) is 13.8 Å². The quantitative estimate of drug-likeness (QED) is 0.322. The second kappa shape index (κ2) is 6.02. The third kappa shape index (κ3) is 3.44. The Bertz CT molecular complexity index is 389. The summed E-state index contributed by atoms with van der Waals surface area (Å²) >= 11 is 0. The number of carbonyl (C=O) groups is 2. The van der Waals surface area contributed by atoms with Crippen LogP contribution in [0.3, 0.4) is 0 Å². The van der Waals surface area contributed by atoms with Crippen LogP contribution in [0, 0.1) is 0 Å². The van der Waals surface area contributed by atoms with Gasteiger partial charge in [-0.15, -0.1) is 0 Å². The van der Waals surface area contributed by atoms with E-state index in [-0.39, 0.29) is 0 Å². The molecule has 20 heavy (non-hydrogen) atoms. The summed E-state index contributed by atoms with van der Waals surface area (Å²) < 4.78 is 5.04. The average molecular weight is 292 g/mol. The fourth-order valence-corrected chi connectivity index (χ4v) is 2.12. The van der Waals surface area contributed by atoms with Gasteiger partial charge in [-0.3, -0.25) is 4.79 Å². The number of carbonyl (C=O) groups excluding carboxylic acids is 1. The number of nitrogens with one attached hydrogen (secondary N) is 1. The SMILES string of the molecule is CC(=O)N[C@H]1C(O)C[C@@](O)(C(=O)O)OC1[C@@H](N)[C@H](C)O. The van der Waals surface area contributed by atoms with Crippen molar-refractivity contribution in [1.29, 1.82) is 0 Å². The molecular weight excluding hydrogens is 272 g/mol. The summed E-state index contributed by atoms with van der Waals surface area (Å²) in [6.07, 6.45) is -4.37. The van der Waals surface area contributed by atoms with Crippen LogP contribution < -0.4 is 11.1 Å². The van der Waals surface area contributed by atoms with Crippen molar-refractivity contribution in [1.82, 2.24) is 5.32 Å². The van der Waals surface area contributed by atoms with Crippen LogP contribution in [0.5, 0.6) is 0 Å². The molecule has 2 unspecified atom stereocenters. The van der Waals surface area contributed by atoms with E-state index in [9.17, 15) is 24.9 Å². The lowest BCUT2D eigenvalue weighted by Crippen LogP contribution is -2.68. The lowest BCUT2D eigenvalue weighted by atomic mass is 9.88. The lowest BCUT2D eigenvalue weighted by molar-refractivity contribution is -0.281. The van der Waals surface area contributed by atoms with Gasteiger partial charge in [-0.25, -0.2) is 4.79 Å². The van der Waals surface area contributed by atoms with E-state index in [0.717, 1.165) is 0 Å². The molecule has 9 heteroatoms. The van der Waals surface area contributed by atoms with Gasteiger partial charge in [0.1, 0.15) is 6.10 Å². The Balaban J connectivity index is 3.06. The number of carboxylic acid groups (broad SMARTS) is 1. The molecule has 1 aliphatic heterocycles. The predicted molar refractivity (Wildman–Crippen MR) is 65.3 cm³/mol. The minimum atomic E-state index is -2.62. The van der Waals surface area contributed by atoms with Crippen LogP contribution in [-0.4, -0.2) is 68.5 Å². The van der Waals surface area contributed by atoms with Crippen LogP contribution in [0.4, 0.5) is 0 Å². The van der Waals surface area contributed by atoms with Crippen molar-refractivity contribution in [3.8, 4) is 0 Å². The Morgan fingerprint density at radius 2 is 2.05 bits per heavy atom. The third-order valence-corrected chi connectivity index (χ3v) is 3.23. The molecule has 1 rings (SSSR count). The first kappa shape index (κ1) is 16.8. The largest absolute Gasteiger partial charge is 0.477 e. The topological polar surface area (TPSA) is 162 Å². The first-order chi connectivity index (χ1) is 9.08. The van der Waals surface area contributed by atoms with Gasteiger partial charge in [0, 0.05) is 13.3 Å². The summed E-state index contributed by atoms with van der Waals surface area (Å²) in [6.45, 7) is 2.55. The Labute approximate surface area is 115 Å². The fourth-order valence-electron chi connectivity index (χ4n) is 2.12. The normalized spacial score (nSPS) is 37.0. The first-order valence-corrected chi connectivity index (χ1v) is 6.11. The van der Waals surface area contributed by atoms with Crippen molar-refractivity contribution in [3.05, 3.63) is 0 Å². The number of aliphatic hydroxyl groups excluding tert-OH is 2. The number of hydrogen-bond donors (Lipinski definition) is 6. The van der Waals surface area contributed by atoms with Crippen molar-refractivity contribution in [2.45, 2.75) is 56.5 Å². The maximum absolute atomic E-state index is 11.1. The molecule has 1 saturated heterocycles. The van der Waals surface area contributed by atoms with E-state index in [2.05, 4.69) is 5.32 Å². The lowest BCUT2D eigenvalue weighted by Gasteiger charge is -2.44. The van der Waals surface area contributed by atoms with Crippen LogP contribution in [-0.2, 0) is 14.3 Å². The summed E-state index contributed by atoms with van der Waals surface area (Å²) in [4.78, 5) is 22.1. The van der Waals surface area contributed by atoms with Crippen molar-refractivity contribution in [3.63, 3.8) is 0 Å². The number of aliphatic hydroxyl groups is 3. The van der Waals surface area contributed by atoms with Crippen molar-refractivity contribution >= 4 is 11.9 Å². The highest BCUT2D eigenvalue weighted by Crippen LogP contribution is 2.29. The van der Waals surface area contributed by atoms with Gasteiger partial charge in [0.25, 0.3) is 5.79 Å². The maximum Gasteiger partial charge on any atom is 0.364 e. The number of nitrogens with two attached hydrogens (primary N) is 1. The second-order valence-electron chi connectivity index (χ2n) is 4.99. The number of amides is 1. The van der Waals surface area contributed by atoms with E-state index in [1.807, 2.05) is 0 Å². The van der Waals surface area contributed by atoms with Gasteiger partial charge in [-0.2, -0.15) is 0 Å². The summed E-state index contributed by atoms with van der Waals surface area (Å²) in [5, 5.41) is 40.6. The monoisotopic (exact) mass is 292 g/mol. The first-order valence-electron chi connectivity index (χ1n) is 6.11. The molecule has 0 radical (unpaired) electrons. The third-order valence-electron chi connectivity index (χ3n) is 3.23. The van der Waals surface area contributed by atoms with Gasteiger partial charge >= 0.3 is 5.97 Å². The van der Waals surface area contributed by atoms with Crippen LogP contribution >= 0.6 is 0 Å². The molecule has 0 aromatic carbocycles. The second-order valence-corrected chi connectivity index (χ2v) is 4.99. The summed E-state index contributed by atoms with van der Waals surface area (Å²) in [6, 6.07) is -2.13. The molecule has 1 amide bonds. The van der Waals surface area contributed by atoms with Crippen LogP contribution in [0.15, 0.2) is 0 Å². The zero-order chi connectivity index (χ0) is 15.7. The van der Waals surface area contributed by atoms with Gasteiger partial charge in [-0.1, -0.05) is 0 Å². The van der Waals surface area contributed by atoms with Gasteiger partial charge in [0.15, 0.2) is 0 Å². The van der Waals surface area contributed by atoms with Gasteiger partial charge < -0.3 is 36.2 Å². The van der Waals surface area contributed by atoms with Crippen LogP contribution in [0.1, 0.15) is 20.3 Å². The molecule has 116 valence electrons.